The van der Waals surface area contributed by atoms with Crippen molar-refractivity contribution in [1.82, 2.24) is 9.97 Å². The Balaban J connectivity index is 1.67. The van der Waals surface area contributed by atoms with Gasteiger partial charge in [0.1, 0.15) is 11.5 Å². The van der Waals surface area contributed by atoms with Crippen molar-refractivity contribution in [2.45, 2.75) is 43.9 Å². The van der Waals surface area contributed by atoms with Crippen molar-refractivity contribution in [2.75, 3.05) is 0 Å². The number of ketones is 1. The number of aromatic amines is 1. The van der Waals surface area contributed by atoms with Gasteiger partial charge in [0.2, 0.25) is 0 Å². The first-order valence-corrected chi connectivity index (χ1v) is 7.39. The maximum Gasteiger partial charge on any atom is 0.378 e. The number of nitrogens with zero attached hydrogens (tertiary/aromatic N) is 1. The molecule has 4 bridgehead atoms. The normalized spacial score (nSPS) is 38.1. The van der Waals surface area contributed by atoms with Crippen molar-refractivity contribution in [3.8, 4) is 0 Å². The van der Waals surface area contributed by atoms with Crippen molar-refractivity contribution >= 4 is 11.8 Å². The van der Waals surface area contributed by atoms with Crippen molar-refractivity contribution in [2.24, 2.45) is 17.8 Å². The number of aliphatic carboxylic acids is 1. The zero-order valence-electron chi connectivity index (χ0n) is 11.3. The Morgan fingerprint density at radius 1 is 1.15 bits per heavy atom. The lowest BCUT2D eigenvalue weighted by Crippen LogP contribution is -2.49. The summed E-state index contributed by atoms with van der Waals surface area (Å²) < 4.78 is 0. The number of hydrogen-bond acceptors (Lipinski definition) is 3. The van der Waals surface area contributed by atoms with Gasteiger partial charge in [-0.25, -0.2) is 9.78 Å². The van der Waals surface area contributed by atoms with Crippen LogP contribution in [0.2, 0.25) is 0 Å². The Bertz CT molecular complexity index is 554. The predicted octanol–water partition coefficient (Wildman–Crippen LogP) is 2.14. The molecule has 0 saturated heterocycles. The number of Topliss-reactive ketones (excluding diaryl/α,β-unsaturated/α-hetero) is 1. The lowest BCUT2D eigenvalue weighted by Gasteiger charge is -2.55. The highest BCUT2D eigenvalue weighted by molar-refractivity contribution is 6.39. The Morgan fingerprint density at radius 2 is 1.70 bits per heavy atom. The van der Waals surface area contributed by atoms with Crippen LogP contribution < -0.4 is 0 Å². The Hall–Kier alpha value is -1.65. The predicted molar refractivity (Wildman–Crippen MR) is 70.4 cm³/mol. The first kappa shape index (κ1) is 12.1. The van der Waals surface area contributed by atoms with Crippen LogP contribution in [0.15, 0.2) is 6.20 Å². The highest BCUT2D eigenvalue weighted by Gasteiger charge is 2.53. The molecular weight excluding hydrogens is 256 g/mol. The SMILES string of the molecule is O=C(O)C(=O)c1cnc(C23CC4CC(CC(C4)C2)C3)[nH]1. The van der Waals surface area contributed by atoms with Gasteiger partial charge in [-0.1, -0.05) is 0 Å². The molecule has 0 aliphatic heterocycles. The van der Waals surface area contributed by atoms with Gasteiger partial charge in [0.05, 0.1) is 6.20 Å². The van der Waals surface area contributed by atoms with E-state index in [-0.39, 0.29) is 11.1 Å². The van der Waals surface area contributed by atoms with Crippen molar-refractivity contribution in [3.05, 3.63) is 17.7 Å². The molecule has 5 nitrogen and oxygen atoms in total. The van der Waals surface area contributed by atoms with Gasteiger partial charge in [-0.3, -0.25) is 4.79 Å². The van der Waals surface area contributed by atoms with E-state index >= 15 is 0 Å². The molecule has 20 heavy (non-hydrogen) atoms. The smallest absolute Gasteiger partial charge is 0.378 e. The standard InChI is InChI=1S/C15H18N2O3/c18-12(13(19)20)11-7-16-14(17-11)15-4-8-1-9(5-15)3-10(2-8)6-15/h7-10H,1-6H2,(H,16,17)(H,19,20). The monoisotopic (exact) mass is 274 g/mol. The summed E-state index contributed by atoms with van der Waals surface area (Å²) in [5.74, 6) is 0.917. The molecule has 0 unspecified atom stereocenters. The summed E-state index contributed by atoms with van der Waals surface area (Å²) in [5, 5.41) is 8.78. The minimum Gasteiger partial charge on any atom is -0.475 e. The number of H-pyrrole nitrogens is 1. The minimum atomic E-state index is -1.43. The maximum absolute atomic E-state index is 11.5. The van der Waals surface area contributed by atoms with Gasteiger partial charge in [-0.15, -0.1) is 0 Å². The topological polar surface area (TPSA) is 83.0 Å². The molecule has 106 valence electrons. The third-order valence-electron chi connectivity index (χ3n) is 5.56. The first-order chi connectivity index (χ1) is 9.56. The van der Waals surface area contributed by atoms with Gasteiger partial charge in [-0.05, 0) is 56.3 Å². The van der Waals surface area contributed by atoms with Crippen molar-refractivity contribution < 1.29 is 14.7 Å². The molecule has 0 aromatic carbocycles. The van der Waals surface area contributed by atoms with Crippen LogP contribution in [0.5, 0.6) is 0 Å². The maximum atomic E-state index is 11.5. The first-order valence-electron chi connectivity index (χ1n) is 7.39. The number of rotatable bonds is 3. The van der Waals surface area contributed by atoms with Gasteiger partial charge < -0.3 is 10.1 Å². The molecule has 0 spiro atoms. The number of aromatic nitrogens is 2. The molecule has 5 rings (SSSR count). The number of hydrogen-bond donors (Lipinski definition) is 2. The van der Waals surface area contributed by atoms with Crippen LogP contribution in [0.3, 0.4) is 0 Å². The van der Waals surface area contributed by atoms with Crippen LogP contribution in [0.25, 0.3) is 0 Å². The van der Waals surface area contributed by atoms with Crippen molar-refractivity contribution in [3.63, 3.8) is 0 Å². The number of carbonyl (C=O) groups is 2. The molecule has 0 atom stereocenters. The fourth-order valence-corrected chi connectivity index (χ4v) is 5.22. The molecule has 4 aliphatic rings. The number of carbonyl (C=O) groups excluding carboxylic acids is 1. The largest absolute Gasteiger partial charge is 0.475 e. The molecular formula is C15H18N2O3. The molecule has 2 N–H and O–H groups in total. The summed E-state index contributed by atoms with van der Waals surface area (Å²) in [5.41, 5.74) is 0.189. The molecule has 1 aromatic heterocycles. The van der Waals surface area contributed by atoms with E-state index < -0.39 is 11.8 Å². The Morgan fingerprint density at radius 3 is 2.20 bits per heavy atom. The summed E-state index contributed by atoms with van der Waals surface area (Å²) >= 11 is 0. The average Bonchev–Trinajstić information content (AvgIpc) is 2.86. The van der Waals surface area contributed by atoms with Gasteiger partial charge in [0.15, 0.2) is 0 Å². The van der Waals surface area contributed by atoms with Gasteiger partial charge in [0.25, 0.3) is 5.78 Å². The lowest BCUT2D eigenvalue weighted by atomic mass is 9.49. The van der Waals surface area contributed by atoms with Gasteiger partial charge in [-0.2, -0.15) is 0 Å². The molecule has 4 aliphatic carbocycles. The third kappa shape index (κ3) is 1.65. The van der Waals surface area contributed by atoms with Gasteiger partial charge in [0, 0.05) is 5.41 Å². The van der Waals surface area contributed by atoms with E-state index in [9.17, 15) is 9.59 Å². The van der Waals surface area contributed by atoms with E-state index in [2.05, 4.69) is 9.97 Å². The summed E-state index contributed by atoms with van der Waals surface area (Å²) in [6, 6.07) is 0. The molecule has 1 heterocycles. The fraction of sp³-hybridized carbons (Fsp3) is 0.667. The van der Waals surface area contributed by atoms with E-state index in [0.29, 0.717) is 0 Å². The van der Waals surface area contributed by atoms with E-state index in [1.165, 1.54) is 25.5 Å². The Labute approximate surface area is 116 Å². The second-order valence-corrected chi connectivity index (χ2v) is 6.98. The fourth-order valence-electron chi connectivity index (χ4n) is 5.22. The molecule has 4 fully saturated rings. The second-order valence-electron chi connectivity index (χ2n) is 6.98. The van der Waals surface area contributed by atoms with Crippen LogP contribution in [0.1, 0.15) is 54.8 Å². The third-order valence-corrected chi connectivity index (χ3v) is 5.56. The molecule has 0 radical (unpaired) electrons. The van der Waals surface area contributed by atoms with E-state index in [1.807, 2.05) is 0 Å². The van der Waals surface area contributed by atoms with Gasteiger partial charge >= 0.3 is 5.97 Å². The summed E-state index contributed by atoms with van der Waals surface area (Å²) in [6.07, 6.45) is 8.88. The minimum absolute atomic E-state index is 0.0752. The highest BCUT2D eigenvalue weighted by Crippen LogP contribution is 2.60. The number of nitrogens with one attached hydrogen (secondary N) is 1. The zero-order valence-corrected chi connectivity index (χ0v) is 11.3. The molecule has 0 amide bonds. The summed E-state index contributed by atoms with van der Waals surface area (Å²) in [6.45, 7) is 0. The van der Waals surface area contributed by atoms with E-state index in [0.717, 1.165) is 42.8 Å². The number of carboxylic acid groups (broad SMARTS) is 1. The number of imidazole rings is 1. The molecule has 4 saturated carbocycles. The average molecular weight is 274 g/mol. The number of carboxylic acids is 1. The summed E-state index contributed by atoms with van der Waals surface area (Å²) in [7, 11) is 0. The zero-order chi connectivity index (χ0) is 13.9. The quantitative estimate of drug-likeness (QED) is 0.653. The van der Waals surface area contributed by atoms with E-state index in [4.69, 9.17) is 5.11 Å². The molecule has 1 aromatic rings. The van der Waals surface area contributed by atoms with Crippen LogP contribution in [-0.2, 0) is 10.2 Å². The summed E-state index contributed by atoms with van der Waals surface area (Å²) in [4.78, 5) is 29.7. The van der Waals surface area contributed by atoms with Crippen molar-refractivity contribution in [1.29, 1.82) is 0 Å². The Kier molecular flexibility index (Phi) is 2.38. The van der Waals surface area contributed by atoms with Crippen LogP contribution in [0, 0.1) is 17.8 Å². The van der Waals surface area contributed by atoms with Crippen LogP contribution in [0.4, 0.5) is 0 Å². The van der Waals surface area contributed by atoms with Crippen LogP contribution >= 0.6 is 0 Å². The lowest BCUT2D eigenvalue weighted by molar-refractivity contribution is -0.131. The molecule has 5 heteroatoms. The highest BCUT2D eigenvalue weighted by atomic mass is 16.4. The van der Waals surface area contributed by atoms with Crippen LogP contribution in [-0.4, -0.2) is 26.8 Å². The van der Waals surface area contributed by atoms with E-state index in [1.54, 1.807) is 0 Å². The second kappa shape index (κ2) is 3.93.